The van der Waals surface area contributed by atoms with Crippen LogP contribution in [0.3, 0.4) is 0 Å². The molecule has 0 saturated heterocycles. The molecule has 0 fully saturated rings. The minimum absolute atomic E-state index is 0.0398. The van der Waals surface area contributed by atoms with E-state index in [4.69, 9.17) is 5.73 Å². The highest BCUT2D eigenvalue weighted by Crippen LogP contribution is 1.99. The van der Waals surface area contributed by atoms with Gasteiger partial charge in [0, 0.05) is 25.3 Å². The molecule has 0 unspecified atom stereocenters. The van der Waals surface area contributed by atoms with Crippen LogP contribution in [0.15, 0.2) is 17.4 Å². The Labute approximate surface area is 96.7 Å². The third-order valence-corrected chi connectivity index (χ3v) is 1.94. The fourth-order valence-electron chi connectivity index (χ4n) is 1.33. The quantitative estimate of drug-likeness (QED) is 0.584. The Morgan fingerprint density at radius 2 is 2.25 bits per heavy atom. The molecule has 0 radical (unpaired) electrons. The van der Waals surface area contributed by atoms with Gasteiger partial charge in [0.15, 0.2) is 5.96 Å². The van der Waals surface area contributed by atoms with E-state index in [0.29, 0.717) is 12.5 Å². The van der Waals surface area contributed by atoms with Crippen LogP contribution in [-0.4, -0.2) is 27.8 Å². The molecule has 1 rings (SSSR count). The third-order valence-electron chi connectivity index (χ3n) is 1.94. The first-order chi connectivity index (χ1) is 7.37. The summed E-state index contributed by atoms with van der Waals surface area (Å²) in [6.45, 7) is 6.84. The van der Waals surface area contributed by atoms with Crippen molar-refractivity contribution in [3.63, 3.8) is 0 Å². The van der Waals surface area contributed by atoms with Crippen LogP contribution in [0.4, 0.5) is 0 Å². The van der Waals surface area contributed by atoms with E-state index in [1.165, 1.54) is 5.56 Å². The summed E-state index contributed by atoms with van der Waals surface area (Å²) in [7, 11) is 1.91. The van der Waals surface area contributed by atoms with Crippen molar-refractivity contribution >= 4 is 5.96 Å². The van der Waals surface area contributed by atoms with E-state index in [1.807, 2.05) is 19.4 Å². The molecule has 90 valence electrons. The first-order valence-electron chi connectivity index (χ1n) is 5.42. The lowest BCUT2D eigenvalue weighted by Gasteiger charge is -2.20. The number of guanidine groups is 1. The second-order valence-electron chi connectivity index (χ2n) is 4.91. The summed E-state index contributed by atoms with van der Waals surface area (Å²) in [5, 5.41) is 7.21. The Morgan fingerprint density at radius 1 is 1.56 bits per heavy atom. The Balaban J connectivity index is 2.36. The van der Waals surface area contributed by atoms with Crippen LogP contribution < -0.4 is 11.1 Å². The summed E-state index contributed by atoms with van der Waals surface area (Å²) in [6, 6.07) is 0. The number of aliphatic imine (C=N–C) groups is 1. The maximum absolute atomic E-state index is 5.75. The normalized spacial score (nSPS) is 12.9. The molecule has 0 aliphatic heterocycles. The molecule has 0 aromatic carbocycles. The second kappa shape index (κ2) is 5.01. The van der Waals surface area contributed by atoms with Crippen LogP contribution in [0.2, 0.25) is 0 Å². The van der Waals surface area contributed by atoms with Crippen molar-refractivity contribution in [2.24, 2.45) is 17.8 Å². The van der Waals surface area contributed by atoms with Gasteiger partial charge < -0.3 is 11.1 Å². The average molecular weight is 223 g/mol. The minimum Gasteiger partial charge on any atom is -0.370 e. The number of nitrogens with two attached hydrogens (primary N) is 1. The first kappa shape index (κ1) is 12.5. The average Bonchev–Trinajstić information content (AvgIpc) is 2.48. The lowest BCUT2D eigenvalue weighted by molar-refractivity contribution is 0.508. The number of aryl methyl sites for hydroxylation is 1. The van der Waals surface area contributed by atoms with Crippen LogP contribution in [0.5, 0.6) is 0 Å². The molecule has 0 aliphatic carbocycles. The van der Waals surface area contributed by atoms with Crippen molar-refractivity contribution in [3.8, 4) is 0 Å². The molecule has 0 bridgehead atoms. The summed E-state index contributed by atoms with van der Waals surface area (Å²) in [5.74, 6) is 0.497. The van der Waals surface area contributed by atoms with E-state index >= 15 is 0 Å². The topological polar surface area (TPSA) is 68.2 Å². The predicted molar refractivity (Wildman–Crippen MR) is 66.3 cm³/mol. The van der Waals surface area contributed by atoms with E-state index in [9.17, 15) is 0 Å². The number of hydrogen-bond donors (Lipinski definition) is 2. The molecule has 0 amide bonds. The molecule has 1 aromatic heterocycles. The lowest BCUT2D eigenvalue weighted by Crippen LogP contribution is -2.45. The fraction of sp³-hybridized carbons (Fsp3) is 0.636. The highest BCUT2D eigenvalue weighted by atomic mass is 15.2. The summed E-state index contributed by atoms with van der Waals surface area (Å²) in [6.07, 6.45) is 4.70. The van der Waals surface area contributed by atoms with E-state index in [1.54, 1.807) is 4.68 Å². The molecule has 5 nitrogen and oxygen atoms in total. The molecule has 3 N–H and O–H groups in total. The van der Waals surface area contributed by atoms with Gasteiger partial charge in [0.1, 0.15) is 0 Å². The van der Waals surface area contributed by atoms with Gasteiger partial charge in [-0.1, -0.05) is 0 Å². The van der Waals surface area contributed by atoms with Crippen molar-refractivity contribution in [2.45, 2.75) is 32.7 Å². The number of hydrogen-bond acceptors (Lipinski definition) is 2. The molecular formula is C11H21N5. The summed E-state index contributed by atoms with van der Waals surface area (Å²) < 4.78 is 1.79. The van der Waals surface area contributed by atoms with Gasteiger partial charge in [0.25, 0.3) is 0 Å². The van der Waals surface area contributed by atoms with Crippen molar-refractivity contribution in [1.29, 1.82) is 0 Å². The Bertz CT molecular complexity index is 359. The monoisotopic (exact) mass is 223 g/mol. The van der Waals surface area contributed by atoms with Gasteiger partial charge in [-0.3, -0.25) is 9.67 Å². The molecule has 5 heteroatoms. The van der Waals surface area contributed by atoms with E-state index in [-0.39, 0.29) is 5.54 Å². The molecule has 1 aromatic rings. The van der Waals surface area contributed by atoms with Crippen LogP contribution in [0, 0.1) is 0 Å². The Kier molecular flexibility index (Phi) is 3.93. The molecule has 0 saturated carbocycles. The van der Waals surface area contributed by atoms with Gasteiger partial charge in [0.05, 0.1) is 6.20 Å². The first-order valence-corrected chi connectivity index (χ1v) is 5.42. The zero-order valence-corrected chi connectivity index (χ0v) is 10.5. The summed E-state index contributed by atoms with van der Waals surface area (Å²) in [4.78, 5) is 4.26. The SMILES string of the molecule is Cn1cc(CCN=C(N)NC(C)(C)C)cn1. The molecule has 1 heterocycles. The maximum Gasteiger partial charge on any atom is 0.188 e. The highest BCUT2D eigenvalue weighted by Gasteiger charge is 2.09. The zero-order valence-electron chi connectivity index (χ0n) is 10.5. The van der Waals surface area contributed by atoms with Gasteiger partial charge in [-0.2, -0.15) is 5.10 Å². The summed E-state index contributed by atoms with van der Waals surface area (Å²) in [5.41, 5.74) is 6.88. The zero-order chi connectivity index (χ0) is 12.2. The predicted octanol–water partition coefficient (Wildman–Crippen LogP) is 0.665. The van der Waals surface area contributed by atoms with Crippen LogP contribution >= 0.6 is 0 Å². The number of nitrogens with zero attached hydrogens (tertiary/aromatic N) is 3. The Morgan fingerprint density at radius 3 is 2.75 bits per heavy atom. The smallest absolute Gasteiger partial charge is 0.188 e. The maximum atomic E-state index is 5.75. The van der Waals surface area contributed by atoms with E-state index in [2.05, 4.69) is 36.2 Å². The largest absolute Gasteiger partial charge is 0.370 e. The van der Waals surface area contributed by atoms with Gasteiger partial charge >= 0.3 is 0 Å². The Hall–Kier alpha value is -1.52. The molecule has 0 spiro atoms. The van der Waals surface area contributed by atoms with Crippen LogP contribution in [0.25, 0.3) is 0 Å². The minimum atomic E-state index is -0.0398. The van der Waals surface area contributed by atoms with Gasteiger partial charge in [-0.15, -0.1) is 0 Å². The van der Waals surface area contributed by atoms with Gasteiger partial charge in [-0.25, -0.2) is 0 Å². The number of rotatable bonds is 3. The second-order valence-corrected chi connectivity index (χ2v) is 4.91. The van der Waals surface area contributed by atoms with Crippen LogP contribution in [0.1, 0.15) is 26.3 Å². The van der Waals surface area contributed by atoms with Gasteiger partial charge in [-0.05, 0) is 32.8 Å². The van der Waals surface area contributed by atoms with Crippen molar-refractivity contribution in [2.75, 3.05) is 6.54 Å². The lowest BCUT2D eigenvalue weighted by atomic mass is 10.1. The van der Waals surface area contributed by atoms with E-state index in [0.717, 1.165) is 6.42 Å². The molecular weight excluding hydrogens is 202 g/mol. The molecule has 0 atom stereocenters. The van der Waals surface area contributed by atoms with Gasteiger partial charge in [0.2, 0.25) is 0 Å². The standard InChI is InChI=1S/C11H21N5/c1-11(2,3)15-10(12)13-6-5-9-7-14-16(4)8-9/h7-8H,5-6H2,1-4H3,(H3,12,13,15). The molecule has 16 heavy (non-hydrogen) atoms. The van der Waals surface area contributed by atoms with Crippen LogP contribution in [-0.2, 0) is 13.5 Å². The van der Waals surface area contributed by atoms with Crippen molar-refractivity contribution < 1.29 is 0 Å². The highest BCUT2D eigenvalue weighted by molar-refractivity contribution is 5.78. The third kappa shape index (κ3) is 4.82. The number of aromatic nitrogens is 2. The molecule has 0 aliphatic rings. The summed E-state index contributed by atoms with van der Waals surface area (Å²) >= 11 is 0. The van der Waals surface area contributed by atoms with Crippen molar-refractivity contribution in [3.05, 3.63) is 18.0 Å². The van der Waals surface area contributed by atoms with E-state index < -0.39 is 0 Å². The number of nitrogens with one attached hydrogen (secondary N) is 1. The van der Waals surface area contributed by atoms with Crippen molar-refractivity contribution in [1.82, 2.24) is 15.1 Å². The fourth-order valence-corrected chi connectivity index (χ4v) is 1.33.